The summed E-state index contributed by atoms with van der Waals surface area (Å²) < 4.78 is 0. The molecule has 2 N–H and O–H groups in total. The van der Waals surface area contributed by atoms with Crippen LogP contribution in [0.2, 0.25) is 0 Å². The highest BCUT2D eigenvalue weighted by Gasteiger charge is 2.15. The van der Waals surface area contributed by atoms with Gasteiger partial charge in [0, 0.05) is 59.1 Å². The summed E-state index contributed by atoms with van der Waals surface area (Å²) in [6.07, 6.45) is 0.987. The van der Waals surface area contributed by atoms with Gasteiger partial charge in [-0.1, -0.05) is 6.92 Å². The molecule has 0 bridgehead atoms. The minimum Gasteiger partial charge on any atom is -0.385 e. The Morgan fingerprint density at radius 2 is 2.05 bits per heavy atom. The minimum atomic E-state index is -0.340. The lowest BCUT2D eigenvalue weighted by molar-refractivity contribution is -0.384. The Morgan fingerprint density at radius 3 is 2.67 bits per heavy atom. The zero-order chi connectivity index (χ0) is 15.1. The van der Waals surface area contributed by atoms with Crippen LogP contribution in [-0.2, 0) is 0 Å². The fraction of sp³-hybridized carbons (Fsp3) is 0.571. The summed E-state index contributed by atoms with van der Waals surface area (Å²) in [4.78, 5) is 10.7. The topological polar surface area (TPSA) is 67.2 Å². The van der Waals surface area contributed by atoms with Crippen LogP contribution >= 0.6 is 23.5 Å². The average Bonchev–Trinajstić information content (AvgIpc) is 2.51. The van der Waals surface area contributed by atoms with E-state index in [-0.39, 0.29) is 10.6 Å². The molecule has 0 amide bonds. The second kappa shape index (κ2) is 8.38. The number of hydrogen-bond acceptors (Lipinski definition) is 6. The SMILES string of the molecule is CCCNc1cc(NCC2CSCCS2)cc([N+](=O)[O-])c1. The first kappa shape index (κ1) is 16.3. The summed E-state index contributed by atoms with van der Waals surface area (Å²) in [5.74, 6) is 3.56. The quantitative estimate of drug-likeness (QED) is 0.588. The van der Waals surface area contributed by atoms with Crippen LogP contribution in [0.25, 0.3) is 0 Å². The molecule has 21 heavy (non-hydrogen) atoms. The Bertz CT molecular complexity index is 479. The number of rotatable bonds is 7. The molecule has 1 fully saturated rings. The van der Waals surface area contributed by atoms with Crippen molar-refractivity contribution in [1.82, 2.24) is 0 Å². The summed E-state index contributed by atoms with van der Waals surface area (Å²) in [6.45, 7) is 3.74. The number of nitrogens with one attached hydrogen (secondary N) is 2. The zero-order valence-corrected chi connectivity index (χ0v) is 13.8. The Hall–Kier alpha value is -1.08. The Morgan fingerprint density at radius 1 is 1.29 bits per heavy atom. The molecule has 7 heteroatoms. The number of non-ortho nitro benzene ring substituents is 1. The van der Waals surface area contributed by atoms with Gasteiger partial charge in [0.25, 0.3) is 5.69 Å². The lowest BCUT2D eigenvalue weighted by atomic mass is 10.2. The second-order valence-corrected chi connectivity index (χ2v) is 7.46. The first-order valence-electron chi connectivity index (χ1n) is 7.15. The van der Waals surface area contributed by atoms with E-state index in [0.717, 1.165) is 36.6 Å². The van der Waals surface area contributed by atoms with E-state index in [0.29, 0.717) is 5.25 Å². The smallest absolute Gasteiger partial charge is 0.273 e. The number of hydrogen-bond donors (Lipinski definition) is 2. The number of anilines is 2. The maximum Gasteiger partial charge on any atom is 0.273 e. The normalized spacial score (nSPS) is 18.2. The lowest BCUT2D eigenvalue weighted by Crippen LogP contribution is -2.23. The molecule has 1 aliphatic heterocycles. The fourth-order valence-electron chi connectivity index (χ4n) is 2.08. The van der Waals surface area contributed by atoms with Crippen molar-refractivity contribution >= 4 is 40.6 Å². The van der Waals surface area contributed by atoms with E-state index >= 15 is 0 Å². The van der Waals surface area contributed by atoms with Gasteiger partial charge in [0.2, 0.25) is 0 Å². The monoisotopic (exact) mass is 327 g/mol. The van der Waals surface area contributed by atoms with E-state index in [1.54, 1.807) is 12.1 Å². The highest BCUT2D eigenvalue weighted by atomic mass is 32.2. The molecule has 0 saturated carbocycles. The Balaban J connectivity index is 2.02. The van der Waals surface area contributed by atoms with Crippen molar-refractivity contribution in [2.45, 2.75) is 18.6 Å². The largest absolute Gasteiger partial charge is 0.385 e. The van der Waals surface area contributed by atoms with Gasteiger partial charge in [-0.3, -0.25) is 10.1 Å². The number of thioether (sulfide) groups is 2. The maximum atomic E-state index is 11.0. The molecule has 1 unspecified atom stereocenters. The molecule has 1 aromatic rings. The minimum absolute atomic E-state index is 0.129. The Labute approximate surface area is 133 Å². The maximum absolute atomic E-state index is 11.0. The van der Waals surface area contributed by atoms with Crippen LogP contribution in [-0.4, -0.2) is 40.5 Å². The third-order valence-electron chi connectivity index (χ3n) is 3.13. The van der Waals surface area contributed by atoms with Gasteiger partial charge in [0.15, 0.2) is 0 Å². The van der Waals surface area contributed by atoms with Crippen LogP contribution in [0.1, 0.15) is 13.3 Å². The van der Waals surface area contributed by atoms with Gasteiger partial charge < -0.3 is 10.6 Å². The van der Waals surface area contributed by atoms with E-state index in [2.05, 4.69) is 17.6 Å². The van der Waals surface area contributed by atoms with Crippen molar-refractivity contribution in [1.29, 1.82) is 0 Å². The van der Waals surface area contributed by atoms with Crippen molar-refractivity contribution in [3.8, 4) is 0 Å². The molecular weight excluding hydrogens is 306 g/mol. The molecule has 1 saturated heterocycles. The molecule has 1 aliphatic rings. The molecule has 1 atom stereocenters. The summed E-state index contributed by atoms with van der Waals surface area (Å²) in [6, 6.07) is 5.15. The molecular formula is C14H21N3O2S2. The van der Waals surface area contributed by atoms with Crippen LogP contribution in [0.5, 0.6) is 0 Å². The van der Waals surface area contributed by atoms with E-state index in [9.17, 15) is 10.1 Å². The zero-order valence-electron chi connectivity index (χ0n) is 12.1. The summed E-state index contributed by atoms with van der Waals surface area (Å²) in [5, 5.41) is 18.2. The third kappa shape index (κ3) is 5.32. The molecule has 1 heterocycles. The van der Waals surface area contributed by atoms with Gasteiger partial charge in [0.05, 0.1) is 4.92 Å². The highest BCUT2D eigenvalue weighted by molar-refractivity contribution is 8.06. The van der Waals surface area contributed by atoms with Gasteiger partial charge in [-0.2, -0.15) is 23.5 Å². The van der Waals surface area contributed by atoms with Gasteiger partial charge >= 0.3 is 0 Å². The molecule has 0 aromatic heterocycles. The van der Waals surface area contributed by atoms with Crippen molar-refractivity contribution in [3.05, 3.63) is 28.3 Å². The van der Waals surface area contributed by atoms with Crippen molar-refractivity contribution in [3.63, 3.8) is 0 Å². The molecule has 0 aliphatic carbocycles. The average molecular weight is 327 g/mol. The first-order valence-corrected chi connectivity index (χ1v) is 9.36. The number of nitro groups is 1. The summed E-state index contributed by atoms with van der Waals surface area (Å²) >= 11 is 3.96. The van der Waals surface area contributed by atoms with E-state index in [1.807, 2.05) is 29.6 Å². The van der Waals surface area contributed by atoms with Gasteiger partial charge in [-0.25, -0.2) is 0 Å². The van der Waals surface area contributed by atoms with Crippen LogP contribution in [0.3, 0.4) is 0 Å². The van der Waals surface area contributed by atoms with Crippen LogP contribution in [0.4, 0.5) is 17.1 Å². The Kier molecular flexibility index (Phi) is 6.50. The van der Waals surface area contributed by atoms with E-state index < -0.39 is 0 Å². The van der Waals surface area contributed by atoms with Crippen LogP contribution in [0.15, 0.2) is 18.2 Å². The van der Waals surface area contributed by atoms with E-state index in [4.69, 9.17) is 0 Å². The molecule has 1 aromatic carbocycles. The van der Waals surface area contributed by atoms with Crippen molar-refractivity contribution < 1.29 is 4.92 Å². The summed E-state index contributed by atoms with van der Waals surface area (Å²) in [7, 11) is 0. The number of nitro benzene ring substituents is 1. The first-order chi connectivity index (χ1) is 10.2. The molecule has 0 radical (unpaired) electrons. The second-order valence-electron chi connectivity index (χ2n) is 4.90. The molecule has 0 spiro atoms. The van der Waals surface area contributed by atoms with E-state index in [1.165, 1.54) is 11.5 Å². The van der Waals surface area contributed by atoms with Crippen LogP contribution in [0, 0.1) is 10.1 Å². The molecule has 5 nitrogen and oxygen atoms in total. The lowest BCUT2D eigenvalue weighted by Gasteiger charge is -2.21. The van der Waals surface area contributed by atoms with Crippen LogP contribution < -0.4 is 10.6 Å². The number of nitrogens with zero attached hydrogens (tertiary/aromatic N) is 1. The van der Waals surface area contributed by atoms with Crippen molar-refractivity contribution in [2.75, 3.05) is 41.0 Å². The van der Waals surface area contributed by atoms with Gasteiger partial charge in [-0.05, 0) is 12.5 Å². The predicted octanol–water partition coefficient (Wildman–Crippen LogP) is 3.68. The fourth-order valence-corrected chi connectivity index (χ4v) is 4.69. The third-order valence-corrected chi connectivity index (χ3v) is 5.97. The molecule has 2 rings (SSSR count). The highest BCUT2D eigenvalue weighted by Crippen LogP contribution is 2.27. The number of benzene rings is 1. The van der Waals surface area contributed by atoms with Gasteiger partial charge in [-0.15, -0.1) is 0 Å². The standard InChI is InChI=1S/C14H21N3O2S2/c1-2-3-15-11-6-12(8-13(7-11)17(18)19)16-9-14-10-20-4-5-21-14/h6-8,14-16H,2-5,9-10H2,1H3. The molecule has 116 valence electrons. The van der Waals surface area contributed by atoms with Gasteiger partial charge in [0.1, 0.15) is 0 Å². The summed E-state index contributed by atoms with van der Waals surface area (Å²) in [5.41, 5.74) is 1.75. The predicted molar refractivity (Wildman–Crippen MR) is 93.9 cm³/mol. The van der Waals surface area contributed by atoms with Crippen molar-refractivity contribution in [2.24, 2.45) is 0 Å².